The molecule has 36 heavy (non-hydrogen) atoms. The first kappa shape index (κ1) is 25.6. The zero-order chi connectivity index (χ0) is 25.5. The first-order valence-electron chi connectivity index (χ1n) is 12.1. The van der Waals surface area contributed by atoms with Crippen LogP contribution in [-0.2, 0) is 14.3 Å². The molecule has 4 rings (SSSR count). The van der Waals surface area contributed by atoms with E-state index in [4.69, 9.17) is 4.74 Å². The third-order valence-corrected chi connectivity index (χ3v) is 7.27. The second-order valence-electron chi connectivity index (χ2n) is 8.84. The number of hydrogen-bond donors (Lipinski definition) is 2. The van der Waals surface area contributed by atoms with Gasteiger partial charge in [0.2, 0.25) is 11.8 Å². The molecule has 1 aliphatic rings. The fourth-order valence-corrected chi connectivity index (χ4v) is 4.96. The van der Waals surface area contributed by atoms with Crippen molar-refractivity contribution in [1.29, 1.82) is 0 Å². The lowest BCUT2D eigenvalue weighted by Crippen LogP contribution is -2.48. The minimum Gasteiger partial charge on any atom is -0.376 e. The second kappa shape index (κ2) is 12.0. The SMILES string of the molecule is Cc1cccc(N(C(=O)CNC(=O)c2cccs2)[C@@H](C(=O)NC[C@H]2CCCO2)c2ccccc2)c1C. The molecule has 0 radical (unpaired) electrons. The van der Waals surface area contributed by atoms with Crippen LogP contribution in [0, 0.1) is 13.8 Å². The summed E-state index contributed by atoms with van der Waals surface area (Å²) in [7, 11) is 0. The predicted molar refractivity (Wildman–Crippen MR) is 141 cm³/mol. The highest BCUT2D eigenvalue weighted by Gasteiger charge is 2.34. The van der Waals surface area contributed by atoms with Gasteiger partial charge in [-0.05, 0) is 60.9 Å². The number of nitrogens with one attached hydrogen (secondary N) is 2. The highest BCUT2D eigenvalue weighted by molar-refractivity contribution is 7.12. The van der Waals surface area contributed by atoms with Gasteiger partial charge in [-0.25, -0.2) is 0 Å². The van der Waals surface area contributed by atoms with Crippen LogP contribution in [0.3, 0.4) is 0 Å². The van der Waals surface area contributed by atoms with E-state index in [0.29, 0.717) is 29.3 Å². The van der Waals surface area contributed by atoms with Crippen LogP contribution in [0.25, 0.3) is 0 Å². The number of benzene rings is 2. The summed E-state index contributed by atoms with van der Waals surface area (Å²) in [6.45, 7) is 4.73. The molecule has 1 aromatic heterocycles. The fraction of sp³-hybridized carbons (Fsp3) is 0.321. The Kier molecular flexibility index (Phi) is 8.51. The largest absolute Gasteiger partial charge is 0.376 e. The van der Waals surface area contributed by atoms with Crippen LogP contribution in [0.2, 0.25) is 0 Å². The fourth-order valence-electron chi connectivity index (χ4n) is 4.32. The lowest BCUT2D eigenvalue weighted by Gasteiger charge is -2.33. The molecular formula is C28H31N3O4S. The van der Waals surface area contributed by atoms with Gasteiger partial charge in [-0.2, -0.15) is 0 Å². The Morgan fingerprint density at radius 1 is 1.03 bits per heavy atom. The lowest BCUT2D eigenvalue weighted by molar-refractivity contribution is -0.126. The van der Waals surface area contributed by atoms with Crippen molar-refractivity contribution >= 4 is 34.7 Å². The Balaban J connectivity index is 1.67. The smallest absolute Gasteiger partial charge is 0.261 e. The Labute approximate surface area is 215 Å². The minimum absolute atomic E-state index is 0.0275. The lowest BCUT2D eigenvalue weighted by atomic mass is 10.00. The maximum absolute atomic E-state index is 13.8. The number of carbonyl (C=O) groups is 3. The van der Waals surface area contributed by atoms with E-state index in [1.54, 1.807) is 12.1 Å². The molecule has 2 atom stereocenters. The van der Waals surface area contributed by atoms with Gasteiger partial charge in [0.05, 0.1) is 17.5 Å². The number of ether oxygens (including phenoxy) is 1. The number of nitrogens with zero attached hydrogens (tertiary/aromatic N) is 1. The molecule has 0 bridgehead atoms. The van der Waals surface area contributed by atoms with Crippen molar-refractivity contribution in [2.75, 3.05) is 24.6 Å². The van der Waals surface area contributed by atoms with Crippen molar-refractivity contribution in [1.82, 2.24) is 10.6 Å². The number of carbonyl (C=O) groups excluding carboxylic acids is 3. The summed E-state index contributed by atoms with van der Waals surface area (Å²) in [5.74, 6) is -0.997. The van der Waals surface area contributed by atoms with Crippen LogP contribution in [-0.4, -0.2) is 43.5 Å². The highest BCUT2D eigenvalue weighted by Crippen LogP contribution is 2.32. The summed E-state index contributed by atoms with van der Waals surface area (Å²) in [6.07, 6.45) is 1.84. The molecule has 2 heterocycles. The van der Waals surface area contributed by atoms with Crippen LogP contribution in [0.5, 0.6) is 0 Å². The quantitative estimate of drug-likeness (QED) is 0.457. The van der Waals surface area contributed by atoms with E-state index in [1.807, 2.05) is 67.8 Å². The van der Waals surface area contributed by atoms with Gasteiger partial charge < -0.3 is 15.4 Å². The van der Waals surface area contributed by atoms with Crippen LogP contribution in [0.1, 0.15) is 45.2 Å². The highest BCUT2D eigenvalue weighted by atomic mass is 32.1. The summed E-state index contributed by atoms with van der Waals surface area (Å²) in [5, 5.41) is 7.53. The molecule has 0 unspecified atom stereocenters. The summed E-state index contributed by atoms with van der Waals surface area (Å²) in [5.41, 5.74) is 3.20. The second-order valence-corrected chi connectivity index (χ2v) is 9.78. The van der Waals surface area contributed by atoms with E-state index in [1.165, 1.54) is 16.2 Å². The zero-order valence-electron chi connectivity index (χ0n) is 20.5. The number of rotatable bonds is 9. The van der Waals surface area contributed by atoms with Gasteiger partial charge >= 0.3 is 0 Å². The van der Waals surface area contributed by atoms with Crippen molar-refractivity contribution in [2.24, 2.45) is 0 Å². The number of thiophene rings is 1. The molecular weight excluding hydrogens is 474 g/mol. The van der Waals surface area contributed by atoms with Crippen molar-refractivity contribution in [3.8, 4) is 0 Å². The van der Waals surface area contributed by atoms with Crippen molar-refractivity contribution < 1.29 is 19.1 Å². The number of hydrogen-bond acceptors (Lipinski definition) is 5. The normalized spacial score (nSPS) is 15.8. The summed E-state index contributed by atoms with van der Waals surface area (Å²) < 4.78 is 5.67. The monoisotopic (exact) mass is 505 g/mol. The Hall–Kier alpha value is -3.49. The third kappa shape index (κ3) is 6.01. The first-order valence-corrected chi connectivity index (χ1v) is 13.0. The minimum atomic E-state index is -0.917. The maximum Gasteiger partial charge on any atom is 0.261 e. The topological polar surface area (TPSA) is 87.7 Å². The van der Waals surface area contributed by atoms with Crippen LogP contribution < -0.4 is 15.5 Å². The number of amides is 3. The van der Waals surface area contributed by atoms with Crippen molar-refractivity contribution in [3.63, 3.8) is 0 Å². The Morgan fingerprint density at radius 3 is 2.53 bits per heavy atom. The van der Waals surface area contributed by atoms with Gasteiger partial charge in [-0.15, -0.1) is 11.3 Å². The molecule has 188 valence electrons. The predicted octanol–water partition coefficient (Wildman–Crippen LogP) is 4.16. The molecule has 1 aliphatic heterocycles. The van der Waals surface area contributed by atoms with Gasteiger partial charge in [-0.1, -0.05) is 48.5 Å². The standard InChI is InChI=1S/C28H31N3O4S/c1-19-9-6-13-23(20(19)2)31(25(32)18-30-27(33)24-14-8-16-36-24)26(21-10-4-3-5-11-21)28(34)29-17-22-12-7-15-35-22/h3-6,8-11,13-14,16,22,26H,7,12,15,17-18H2,1-2H3,(H,29,34)(H,30,33)/t22-,26-/m1/s1. The van der Waals surface area contributed by atoms with Gasteiger partial charge in [0, 0.05) is 18.8 Å². The van der Waals surface area contributed by atoms with E-state index >= 15 is 0 Å². The molecule has 0 saturated carbocycles. The molecule has 2 N–H and O–H groups in total. The molecule has 0 aliphatic carbocycles. The Bertz CT molecular complexity index is 1190. The zero-order valence-corrected chi connectivity index (χ0v) is 21.3. The van der Waals surface area contributed by atoms with Crippen molar-refractivity contribution in [3.05, 3.63) is 87.6 Å². The van der Waals surface area contributed by atoms with E-state index < -0.39 is 6.04 Å². The first-order chi connectivity index (χ1) is 17.5. The molecule has 1 fully saturated rings. The molecule has 8 heteroatoms. The summed E-state index contributed by atoms with van der Waals surface area (Å²) in [6, 6.07) is 17.5. The Morgan fingerprint density at radius 2 is 1.83 bits per heavy atom. The average molecular weight is 506 g/mol. The molecule has 1 saturated heterocycles. The van der Waals surface area contributed by atoms with Gasteiger partial charge in [0.1, 0.15) is 6.04 Å². The van der Waals surface area contributed by atoms with Gasteiger partial charge in [0.25, 0.3) is 5.91 Å². The van der Waals surface area contributed by atoms with Gasteiger partial charge in [0.15, 0.2) is 0 Å². The van der Waals surface area contributed by atoms with Crippen LogP contribution >= 0.6 is 11.3 Å². The molecule has 0 spiro atoms. The van der Waals surface area contributed by atoms with E-state index in [0.717, 1.165) is 24.0 Å². The van der Waals surface area contributed by atoms with Crippen molar-refractivity contribution in [2.45, 2.75) is 38.8 Å². The van der Waals surface area contributed by atoms with E-state index in [2.05, 4.69) is 10.6 Å². The molecule has 2 aromatic carbocycles. The number of aryl methyl sites for hydroxylation is 1. The van der Waals surface area contributed by atoms with Gasteiger partial charge in [-0.3, -0.25) is 19.3 Å². The molecule has 3 amide bonds. The maximum atomic E-state index is 13.8. The third-order valence-electron chi connectivity index (χ3n) is 6.40. The van der Waals surface area contributed by atoms with Crippen LogP contribution in [0.15, 0.2) is 66.0 Å². The van der Waals surface area contributed by atoms with E-state index in [-0.39, 0.29) is 30.4 Å². The van der Waals surface area contributed by atoms with Crippen LogP contribution in [0.4, 0.5) is 5.69 Å². The molecule has 3 aromatic rings. The summed E-state index contributed by atoms with van der Waals surface area (Å²) >= 11 is 1.31. The number of anilines is 1. The van der Waals surface area contributed by atoms with E-state index in [9.17, 15) is 14.4 Å². The molecule has 7 nitrogen and oxygen atoms in total. The summed E-state index contributed by atoms with van der Waals surface area (Å²) in [4.78, 5) is 42.0. The average Bonchev–Trinajstić information content (AvgIpc) is 3.61.